The van der Waals surface area contributed by atoms with E-state index in [9.17, 15) is 13.2 Å². The van der Waals surface area contributed by atoms with E-state index in [1.54, 1.807) is 18.3 Å². The van der Waals surface area contributed by atoms with Gasteiger partial charge in [-0.05, 0) is 42.3 Å². The number of hydrogen-bond donors (Lipinski definition) is 2. The van der Waals surface area contributed by atoms with Crippen molar-refractivity contribution < 1.29 is 13.2 Å². The van der Waals surface area contributed by atoms with E-state index in [4.69, 9.17) is 0 Å². The Hall–Kier alpha value is -2.61. The summed E-state index contributed by atoms with van der Waals surface area (Å²) in [5, 5.41) is 2.69. The Bertz CT molecular complexity index is 911. The molecule has 1 aliphatic heterocycles. The number of sulfonamides is 1. The number of amides is 1. The average Bonchev–Trinajstić information content (AvgIpc) is 2.99. The van der Waals surface area contributed by atoms with Crippen LogP contribution in [0.2, 0.25) is 0 Å². The van der Waals surface area contributed by atoms with Crippen molar-refractivity contribution in [1.82, 2.24) is 4.98 Å². The molecule has 2 aromatic rings. The molecule has 0 saturated carbocycles. The molecule has 8 heteroatoms. The van der Waals surface area contributed by atoms with Crippen LogP contribution in [-0.4, -0.2) is 32.9 Å². The molecular formula is C18H22N4O3S. The zero-order valence-corrected chi connectivity index (χ0v) is 15.6. The summed E-state index contributed by atoms with van der Waals surface area (Å²) in [6, 6.07) is 8.08. The molecule has 0 radical (unpaired) electrons. The minimum Gasteiger partial charge on any atom is -0.373 e. The number of benzene rings is 1. The van der Waals surface area contributed by atoms with Crippen molar-refractivity contribution in [2.24, 2.45) is 0 Å². The monoisotopic (exact) mass is 374 g/mol. The van der Waals surface area contributed by atoms with E-state index in [0.717, 1.165) is 25.1 Å². The molecule has 3 rings (SSSR count). The van der Waals surface area contributed by atoms with Gasteiger partial charge in [-0.15, -0.1) is 0 Å². The number of carbonyl (C=O) groups excluding carboxylic acids is 1. The lowest BCUT2D eigenvalue weighted by molar-refractivity contribution is -0.115. The summed E-state index contributed by atoms with van der Waals surface area (Å²) < 4.78 is 27.6. The summed E-state index contributed by atoms with van der Waals surface area (Å²) in [7, 11) is -1.78. The number of unbranched alkanes of at least 4 members (excludes halogenated alkanes) is 1. The molecule has 2 N–H and O–H groups in total. The first-order valence-corrected chi connectivity index (χ1v) is 10.00. The number of rotatable bonds is 7. The largest absolute Gasteiger partial charge is 0.373 e. The van der Waals surface area contributed by atoms with Gasteiger partial charge in [0.25, 0.3) is 10.0 Å². The van der Waals surface area contributed by atoms with Gasteiger partial charge < -0.3 is 10.2 Å². The van der Waals surface area contributed by atoms with Crippen LogP contribution in [0.25, 0.3) is 0 Å². The Morgan fingerprint density at radius 2 is 2.08 bits per heavy atom. The highest BCUT2D eigenvalue weighted by molar-refractivity contribution is 7.92. The molecule has 138 valence electrons. The van der Waals surface area contributed by atoms with Gasteiger partial charge in [-0.1, -0.05) is 13.3 Å². The van der Waals surface area contributed by atoms with Gasteiger partial charge in [-0.25, -0.2) is 13.4 Å². The van der Waals surface area contributed by atoms with Crippen molar-refractivity contribution in [1.29, 1.82) is 0 Å². The van der Waals surface area contributed by atoms with Gasteiger partial charge in [-0.2, -0.15) is 0 Å². The SMILES string of the molecule is CCCCN(C)c1ccc(NS(=O)(=O)c2ccc3c(c2)CC(=O)N3)nc1. The standard InChI is InChI=1S/C18H22N4O3S/c1-3-4-9-22(2)14-5-8-17(19-12-14)21-26(24,25)15-6-7-16-13(10-15)11-18(23)20-16/h5-8,10,12H,3-4,9,11H2,1-2H3,(H,19,21)(H,20,23). The smallest absolute Gasteiger partial charge is 0.263 e. The van der Waals surface area contributed by atoms with Gasteiger partial charge in [0.1, 0.15) is 5.82 Å². The van der Waals surface area contributed by atoms with E-state index in [1.165, 1.54) is 12.1 Å². The maximum absolute atomic E-state index is 12.6. The van der Waals surface area contributed by atoms with E-state index < -0.39 is 10.0 Å². The summed E-state index contributed by atoms with van der Waals surface area (Å²) in [6.07, 6.45) is 4.03. The van der Waals surface area contributed by atoms with Gasteiger partial charge >= 0.3 is 0 Å². The Morgan fingerprint density at radius 3 is 2.77 bits per heavy atom. The van der Waals surface area contributed by atoms with Crippen LogP contribution < -0.4 is 14.9 Å². The molecule has 1 aromatic heterocycles. The molecule has 0 fully saturated rings. The van der Waals surface area contributed by atoms with Crippen LogP contribution in [0, 0.1) is 0 Å². The van der Waals surface area contributed by atoms with E-state index in [2.05, 4.69) is 26.8 Å². The number of nitrogens with zero attached hydrogens (tertiary/aromatic N) is 2. The third-order valence-corrected chi connectivity index (χ3v) is 5.64. The molecule has 2 heterocycles. The summed E-state index contributed by atoms with van der Waals surface area (Å²) in [5.74, 6) is 0.124. The highest BCUT2D eigenvalue weighted by atomic mass is 32.2. The van der Waals surface area contributed by atoms with Gasteiger partial charge in [-0.3, -0.25) is 9.52 Å². The zero-order chi connectivity index (χ0) is 18.7. The Morgan fingerprint density at radius 1 is 1.27 bits per heavy atom. The Kier molecular flexibility index (Phi) is 5.13. The topological polar surface area (TPSA) is 91.4 Å². The fourth-order valence-electron chi connectivity index (χ4n) is 2.77. The van der Waals surface area contributed by atoms with Crippen LogP contribution in [0.4, 0.5) is 17.2 Å². The highest BCUT2D eigenvalue weighted by Gasteiger charge is 2.22. The molecule has 1 aromatic carbocycles. The average molecular weight is 374 g/mol. The summed E-state index contributed by atoms with van der Waals surface area (Å²) in [6.45, 7) is 3.06. The second kappa shape index (κ2) is 7.33. The van der Waals surface area contributed by atoms with Crippen LogP contribution in [-0.2, 0) is 21.2 Å². The third-order valence-electron chi connectivity index (χ3n) is 4.29. The fourth-order valence-corrected chi connectivity index (χ4v) is 3.82. The van der Waals surface area contributed by atoms with Crippen molar-refractivity contribution in [3.05, 3.63) is 42.1 Å². The molecule has 0 aliphatic carbocycles. The van der Waals surface area contributed by atoms with Crippen molar-refractivity contribution in [2.75, 3.05) is 28.5 Å². The number of aromatic nitrogens is 1. The van der Waals surface area contributed by atoms with Crippen molar-refractivity contribution in [3.63, 3.8) is 0 Å². The molecule has 1 aliphatic rings. The number of fused-ring (bicyclic) bond motifs is 1. The van der Waals surface area contributed by atoms with Crippen LogP contribution in [0.3, 0.4) is 0 Å². The molecular weight excluding hydrogens is 352 g/mol. The lowest BCUT2D eigenvalue weighted by Gasteiger charge is -2.18. The predicted octanol–water partition coefficient (Wildman–Crippen LogP) is 2.61. The summed E-state index contributed by atoms with van der Waals surface area (Å²) >= 11 is 0. The summed E-state index contributed by atoms with van der Waals surface area (Å²) in [5.41, 5.74) is 2.27. The van der Waals surface area contributed by atoms with Crippen LogP contribution in [0.5, 0.6) is 0 Å². The number of nitrogens with one attached hydrogen (secondary N) is 2. The molecule has 7 nitrogen and oxygen atoms in total. The second-order valence-electron chi connectivity index (χ2n) is 6.33. The summed E-state index contributed by atoms with van der Waals surface area (Å²) in [4.78, 5) is 17.8. The van der Waals surface area contributed by atoms with E-state index >= 15 is 0 Å². The Balaban J connectivity index is 1.74. The minimum absolute atomic E-state index is 0.110. The molecule has 0 spiro atoms. The predicted molar refractivity (Wildman–Crippen MR) is 102 cm³/mol. The normalized spacial score (nSPS) is 13.2. The third kappa shape index (κ3) is 3.96. The second-order valence-corrected chi connectivity index (χ2v) is 8.01. The van der Waals surface area contributed by atoms with Crippen molar-refractivity contribution in [3.8, 4) is 0 Å². The Labute approximate surface area is 153 Å². The van der Waals surface area contributed by atoms with Crippen LogP contribution in [0.15, 0.2) is 41.4 Å². The number of hydrogen-bond acceptors (Lipinski definition) is 5. The van der Waals surface area contributed by atoms with Gasteiger partial charge in [0.05, 0.1) is 23.2 Å². The molecule has 0 bridgehead atoms. The number of anilines is 3. The van der Waals surface area contributed by atoms with Crippen molar-refractivity contribution in [2.45, 2.75) is 31.1 Å². The maximum atomic E-state index is 12.6. The molecule has 0 saturated heterocycles. The molecule has 26 heavy (non-hydrogen) atoms. The maximum Gasteiger partial charge on any atom is 0.263 e. The molecule has 1 amide bonds. The first kappa shape index (κ1) is 18.2. The first-order valence-electron chi connectivity index (χ1n) is 8.52. The van der Waals surface area contributed by atoms with Gasteiger partial charge in [0.15, 0.2) is 0 Å². The number of pyridine rings is 1. The minimum atomic E-state index is -3.76. The van der Waals surface area contributed by atoms with Gasteiger partial charge in [0.2, 0.25) is 5.91 Å². The van der Waals surface area contributed by atoms with Crippen molar-refractivity contribution >= 4 is 33.1 Å². The number of carbonyl (C=O) groups is 1. The van der Waals surface area contributed by atoms with Crippen LogP contribution in [0.1, 0.15) is 25.3 Å². The molecule has 0 atom stereocenters. The fraction of sp³-hybridized carbons (Fsp3) is 0.333. The first-order chi connectivity index (χ1) is 12.4. The van der Waals surface area contributed by atoms with Gasteiger partial charge in [0, 0.05) is 19.3 Å². The lowest BCUT2D eigenvalue weighted by atomic mass is 10.2. The zero-order valence-electron chi connectivity index (χ0n) is 14.8. The van der Waals surface area contributed by atoms with E-state index in [1.807, 2.05) is 13.1 Å². The van der Waals surface area contributed by atoms with E-state index in [-0.39, 0.29) is 23.0 Å². The van der Waals surface area contributed by atoms with E-state index in [0.29, 0.717) is 11.3 Å². The molecule has 0 unspecified atom stereocenters. The lowest BCUT2D eigenvalue weighted by Crippen LogP contribution is -2.19. The quantitative estimate of drug-likeness (QED) is 0.777. The van der Waals surface area contributed by atoms with Crippen LogP contribution >= 0.6 is 0 Å². The highest BCUT2D eigenvalue weighted by Crippen LogP contribution is 2.26.